The average Bonchev–Trinajstić information content (AvgIpc) is 2.58. The van der Waals surface area contributed by atoms with Gasteiger partial charge in [-0.15, -0.1) is 11.8 Å². The molecule has 3 rings (SSSR count). The van der Waals surface area contributed by atoms with Crippen LogP contribution in [0.25, 0.3) is 0 Å². The maximum Gasteiger partial charge on any atom is 0.241 e. The van der Waals surface area contributed by atoms with Crippen molar-refractivity contribution >= 4 is 35.5 Å². The number of anilines is 1. The molecular weight excluding hydrogens is 334 g/mol. The molecule has 128 valence electrons. The molecule has 2 aromatic rings. The third kappa shape index (κ3) is 4.28. The standard InChI is InChI=1S/C19H19N3O2S/c1-12-7-8-13(2)14(9-12)11-20-22-18(23)10-17-19(24)21-15-5-3-4-6-16(15)25-17/h3-9,11,17H,10H2,1-2H3,(H,21,24)(H,22,23)/b20-11+. The lowest BCUT2D eigenvalue weighted by Gasteiger charge is -2.23. The molecule has 1 unspecified atom stereocenters. The van der Waals surface area contributed by atoms with Crippen molar-refractivity contribution in [3.63, 3.8) is 0 Å². The lowest BCUT2D eigenvalue weighted by Crippen LogP contribution is -2.33. The predicted octanol–water partition coefficient (Wildman–Crippen LogP) is 3.26. The van der Waals surface area contributed by atoms with Crippen LogP contribution < -0.4 is 10.7 Å². The largest absolute Gasteiger partial charge is 0.324 e. The van der Waals surface area contributed by atoms with Crippen molar-refractivity contribution in [3.8, 4) is 0 Å². The van der Waals surface area contributed by atoms with Crippen molar-refractivity contribution in [1.29, 1.82) is 0 Å². The topological polar surface area (TPSA) is 70.6 Å². The molecule has 1 atom stereocenters. The van der Waals surface area contributed by atoms with Gasteiger partial charge in [0, 0.05) is 11.3 Å². The molecule has 1 aliphatic heterocycles. The number of aryl methyl sites for hydroxylation is 2. The summed E-state index contributed by atoms with van der Waals surface area (Å²) in [6, 6.07) is 13.6. The second-order valence-corrected chi connectivity index (χ2v) is 7.19. The SMILES string of the molecule is Cc1ccc(C)c(/C=N/NC(=O)CC2Sc3ccccc3NC2=O)c1. The zero-order valence-corrected chi connectivity index (χ0v) is 14.9. The molecule has 0 saturated carbocycles. The van der Waals surface area contributed by atoms with Gasteiger partial charge in [0.2, 0.25) is 11.8 Å². The van der Waals surface area contributed by atoms with Crippen molar-refractivity contribution in [1.82, 2.24) is 5.43 Å². The zero-order valence-electron chi connectivity index (χ0n) is 14.1. The summed E-state index contributed by atoms with van der Waals surface area (Å²) in [6.07, 6.45) is 1.71. The minimum Gasteiger partial charge on any atom is -0.324 e. The van der Waals surface area contributed by atoms with Gasteiger partial charge in [0.25, 0.3) is 0 Å². The van der Waals surface area contributed by atoms with Gasteiger partial charge in [-0.25, -0.2) is 5.43 Å². The number of nitrogens with one attached hydrogen (secondary N) is 2. The molecule has 0 aliphatic carbocycles. The number of thioether (sulfide) groups is 1. The summed E-state index contributed by atoms with van der Waals surface area (Å²) in [5, 5.41) is 6.39. The summed E-state index contributed by atoms with van der Waals surface area (Å²) >= 11 is 1.40. The van der Waals surface area contributed by atoms with Gasteiger partial charge in [0.1, 0.15) is 0 Å². The molecule has 0 bridgehead atoms. The van der Waals surface area contributed by atoms with Crippen LogP contribution >= 0.6 is 11.8 Å². The van der Waals surface area contributed by atoms with Crippen molar-refractivity contribution in [2.24, 2.45) is 5.10 Å². The molecule has 0 radical (unpaired) electrons. The van der Waals surface area contributed by atoms with Crippen molar-refractivity contribution in [3.05, 3.63) is 59.2 Å². The fourth-order valence-corrected chi connectivity index (χ4v) is 3.62. The number of hydrogen-bond donors (Lipinski definition) is 2. The zero-order chi connectivity index (χ0) is 17.8. The number of para-hydroxylation sites is 1. The smallest absolute Gasteiger partial charge is 0.241 e. The Kier molecular flexibility index (Phi) is 5.19. The summed E-state index contributed by atoms with van der Waals surface area (Å²) in [6.45, 7) is 4.00. The van der Waals surface area contributed by atoms with Crippen LogP contribution in [0.4, 0.5) is 5.69 Å². The highest BCUT2D eigenvalue weighted by Gasteiger charge is 2.28. The Bertz CT molecular complexity index is 848. The summed E-state index contributed by atoms with van der Waals surface area (Å²) in [7, 11) is 0. The quantitative estimate of drug-likeness (QED) is 0.655. The molecule has 0 saturated heterocycles. The number of rotatable bonds is 4. The van der Waals surface area contributed by atoms with Gasteiger partial charge >= 0.3 is 0 Å². The molecule has 2 amide bonds. The van der Waals surface area contributed by atoms with Crippen LogP contribution in [0.15, 0.2) is 52.5 Å². The van der Waals surface area contributed by atoms with E-state index in [-0.39, 0.29) is 18.2 Å². The first-order valence-corrected chi connectivity index (χ1v) is 8.86. The summed E-state index contributed by atoms with van der Waals surface area (Å²) in [5.74, 6) is -0.439. The Morgan fingerprint density at radius 2 is 2.08 bits per heavy atom. The van der Waals surface area contributed by atoms with Gasteiger partial charge in [-0.1, -0.05) is 35.9 Å². The predicted molar refractivity (Wildman–Crippen MR) is 101 cm³/mol. The van der Waals surface area contributed by atoms with Crippen LogP contribution in [0.1, 0.15) is 23.1 Å². The Morgan fingerprint density at radius 3 is 2.92 bits per heavy atom. The van der Waals surface area contributed by atoms with Crippen molar-refractivity contribution in [2.75, 3.05) is 5.32 Å². The van der Waals surface area contributed by atoms with E-state index in [1.54, 1.807) is 6.21 Å². The Labute approximate surface area is 150 Å². The van der Waals surface area contributed by atoms with Crippen molar-refractivity contribution < 1.29 is 9.59 Å². The molecule has 0 fully saturated rings. The van der Waals surface area contributed by atoms with E-state index in [0.29, 0.717) is 0 Å². The maximum atomic E-state index is 12.1. The van der Waals surface area contributed by atoms with E-state index < -0.39 is 5.25 Å². The second-order valence-electron chi connectivity index (χ2n) is 5.95. The van der Waals surface area contributed by atoms with Gasteiger partial charge in [0.05, 0.1) is 17.2 Å². The monoisotopic (exact) mass is 353 g/mol. The molecule has 0 aromatic heterocycles. The van der Waals surface area contributed by atoms with Crippen molar-refractivity contribution in [2.45, 2.75) is 30.4 Å². The molecule has 1 heterocycles. The minimum atomic E-state index is -0.453. The number of hydrazone groups is 1. The minimum absolute atomic E-state index is 0.0783. The number of fused-ring (bicyclic) bond motifs is 1. The highest BCUT2D eigenvalue weighted by molar-refractivity contribution is 8.01. The highest BCUT2D eigenvalue weighted by Crippen LogP contribution is 2.36. The first-order valence-electron chi connectivity index (χ1n) is 7.98. The number of nitrogens with zero attached hydrogens (tertiary/aromatic N) is 1. The highest BCUT2D eigenvalue weighted by atomic mass is 32.2. The van der Waals surface area contributed by atoms with Crippen LogP contribution in [0.2, 0.25) is 0 Å². The van der Waals surface area contributed by atoms with E-state index in [9.17, 15) is 9.59 Å². The van der Waals surface area contributed by atoms with Gasteiger partial charge in [0.15, 0.2) is 0 Å². The first-order chi connectivity index (χ1) is 12.0. The fraction of sp³-hybridized carbons (Fsp3) is 0.211. The number of benzene rings is 2. The van der Waals surface area contributed by atoms with Crippen LogP contribution in [-0.2, 0) is 9.59 Å². The third-order valence-corrected chi connectivity index (χ3v) is 5.18. The van der Waals surface area contributed by atoms with Gasteiger partial charge in [-0.05, 0) is 37.1 Å². The van der Waals surface area contributed by atoms with E-state index in [4.69, 9.17) is 0 Å². The van der Waals surface area contributed by atoms with Gasteiger partial charge < -0.3 is 5.32 Å². The van der Waals surface area contributed by atoms with Crippen LogP contribution in [-0.4, -0.2) is 23.3 Å². The number of amides is 2. The third-order valence-electron chi connectivity index (χ3n) is 3.91. The Balaban J connectivity index is 1.59. The normalized spacial score (nSPS) is 16.4. The Morgan fingerprint density at radius 1 is 1.28 bits per heavy atom. The van der Waals surface area contributed by atoms with Crippen LogP contribution in [0.5, 0.6) is 0 Å². The molecule has 2 aromatic carbocycles. The van der Waals surface area contributed by atoms with E-state index in [1.807, 2.05) is 56.3 Å². The summed E-state index contributed by atoms with van der Waals surface area (Å²) in [5.41, 5.74) is 6.48. The van der Waals surface area contributed by atoms with E-state index in [2.05, 4.69) is 15.8 Å². The Hall–Kier alpha value is -2.60. The van der Waals surface area contributed by atoms with Crippen LogP contribution in [0, 0.1) is 13.8 Å². The molecule has 6 heteroatoms. The molecule has 25 heavy (non-hydrogen) atoms. The fourth-order valence-electron chi connectivity index (χ4n) is 2.51. The molecule has 2 N–H and O–H groups in total. The number of carbonyl (C=O) groups excluding carboxylic acids is 2. The molecule has 0 spiro atoms. The lowest BCUT2D eigenvalue weighted by atomic mass is 10.1. The molecule has 1 aliphatic rings. The number of carbonyl (C=O) groups is 2. The number of hydrogen-bond acceptors (Lipinski definition) is 4. The van der Waals surface area contributed by atoms with E-state index >= 15 is 0 Å². The van der Waals surface area contributed by atoms with Gasteiger partial charge in [-0.3, -0.25) is 9.59 Å². The summed E-state index contributed by atoms with van der Waals surface area (Å²) < 4.78 is 0. The van der Waals surface area contributed by atoms with Gasteiger partial charge in [-0.2, -0.15) is 5.10 Å². The molecule has 5 nitrogen and oxygen atoms in total. The maximum absolute atomic E-state index is 12.1. The molecular formula is C19H19N3O2S. The second kappa shape index (κ2) is 7.53. The average molecular weight is 353 g/mol. The van der Waals surface area contributed by atoms with Crippen LogP contribution in [0.3, 0.4) is 0 Å². The van der Waals surface area contributed by atoms with E-state index in [1.165, 1.54) is 11.8 Å². The summed E-state index contributed by atoms with van der Waals surface area (Å²) in [4.78, 5) is 25.2. The lowest BCUT2D eigenvalue weighted by molar-refractivity contribution is -0.124. The van der Waals surface area contributed by atoms with E-state index in [0.717, 1.165) is 27.3 Å². The first kappa shape index (κ1) is 17.2.